The van der Waals surface area contributed by atoms with Gasteiger partial charge < -0.3 is 5.32 Å². The second kappa shape index (κ2) is 5.48. The van der Waals surface area contributed by atoms with Crippen LogP contribution in [0.1, 0.15) is 52.8 Å². The molecule has 1 saturated carbocycles. The maximum absolute atomic E-state index is 3.47. The van der Waals surface area contributed by atoms with Crippen LogP contribution < -0.4 is 5.32 Å². The lowest BCUT2D eigenvalue weighted by Gasteiger charge is -2.27. The molecule has 1 atom stereocenters. The third kappa shape index (κ3) is 2.47. The Kier molecular flexibility index (Phi) is 3.72. The zero-order chi connectivity index (χ0) is 13.2. The Hall–Kier alpha value is -1.12. The highest BCUT2D eigenvalue weighted by molar-refractivity contribution is 7.10. The lowest BCUT2D eigenvalue weighted by atomic mass is 9.79. The molecule has 3 rings (SSSR count). The molecule has 1 aromatic carbocycles. The first-order valence-electron chi connectivity index (χ1n) is 7.10. The van der Waals surface area contributed by atoms with E-state index in [0.717, 1.165) is 5.92 Å². The van der Waals surface area contributed by atoms with E-state index >= 15 is 0 Å². The van der Waals surface area contributed by atoms with Gasteiger partial charge in [-0.15, -0.1) is 11.3 Å². The van der Waals surface area contributed by atoms with Crippen molar-refractivity contribution in [2.45, 2.75) is 38.1 Å². The lowest BCUT2D eigenvalue weighted by molar-refractivity contribution is 0.419. The van der Waals surface area contributed by atoms with Gasteiger partial charge in [0.25, 0.3) is 0 Å². The van der Waals surface area contributed by atoms with Crippen molar-refractivity contribution in [2.75, 3.05) is 7.05 Å². The summed E-state index contributed by atoms with van der Waals surface area (Å²) < 4.78 is 0. The van der Waals surface area contributed by atoms with Gasteiger partial charge in [-0.3, -0.25) is 0 Å². The molecule has 1 unspecified atom stereocenters. The predicted octanol–water partition coefficient (Wildman–Crippen LogP) is 4.63. The zero-order valence-corrected chi connectivity index (χ0v) is 12.5. The molecule has 2 aromatic rings. The fraction of sp³-hybridized carbons (Fsp3) is 0.412. The quantitative estimate of drug-likeness (QED) is 0.854. The fourth-order valence-corrected chi connectivity index (χ4v) is 3.93. The molecule has 19 heavy (non-hydrogen) atoms. The van der Waals surface area contributed by atoms with Crippen molar-refractivity contribution in [3.8, 4) is 0 Å². The average molecular weight is 271 g/mol. The Labute approximate surface area is 119 Å². The summed E-state index contributed by atoms with van der Waals surface area (Å²) in [5, 5.41) is 5.66. The van der Waals surface area contributed by atoms with E-state index in [2.05, 4.69) is 55.0 Å². The summed E-state index contributed by atoms with van der Waals surface area (Å²) in [5.41, 5.74) is 4.31. The molecule has 1 aliphatic rings. The van der Waals surface area contributed by atoms with E-state index in [0.29, 0.717) is 6.04 Å². The maximum Gasteiger partial charge on any atom is 0.0671 e. The number of benzene rings is 1. The Morgan fingerprint density at radius 1 is 1.26 bits per heavy atom. The average Bonchev–Trinajstić information content (AvgIpc) is 2.75. The van der Waals surface area contributed by atoms with Crippen molar-refractivity contribution in [3.63, 3.8) is 0 Å². The highest BCUT2D eigenvalue weighted by Crippen LogP contribution is 2.38. The van der Waals surface area contributed by atoms with E-state index in [1.54, 1.807) is 0 Å². The Balaban J connectivity index is 1.93. The fourth-order valence-electron chi connectivity index (χ4n) is 2.86. The first-order chi connectivity index (χ1) is 9.29. The molecule has 100 valence electrons. The van der Waals surface area contributed by atoms with Crippen molar-refractivity contribution < 1.29 is 0 Å². The van der Waals surface area contributed by atoms with Crippen molar-refractivity contribution in [1.82, 2.24) is 5.32 Å². The predicted molar refractivity (Wildman–Crippen MR) is 83.0 cm³/mol. The van der Waals surface area contributed by atoms with Gasteiger partial charge in [0.05, 0.1) is 6.04 Å². The minimum Gasteiger partial charge on any atom is -0.309 e. The van der Waals surface area contributed by atoms with Crippen LogP contribution in [0.3, 0.4) is 0 Å². The summed E-state index contributed by atoms with van der Waals surface area (Å²) in [6.45, 7) is 2.20. The third-order valence-electron chi connectivity index (χ3n) is 4.27. The summed E-state index contributed by atoms with van der Waals surface area (Å²) in [6, 6.07) is 11.7. The van der Waals surface area contributed by atoms with Crippen LogP contribution in [0.4, 0.5) is 0 Å². The lowest BCUT2D eigenvalue weighted by Crippen LogP contribution is -2.18. The van der Waals surface area contributed by atoms with Crippen LogP contribution in [-0.4, -0.2) is 7.05 Å². The van der Waals surface area contributed by atoms with Gasteiger partial charge in [0.1, 0.15) is 0 Å². The van der Waals surface area contributed by atoms with Crippen molar-refractivity contribution in [1.29, 1.82) is 0 Å². The second-order valence-electron chi connectivity index (χ2n) is 5.49. The van der Waals surface area contributed by atoms with Gasteiger partial charge in [0, 0.05) is 4.88 Å². The van der Waals surface area contributed by atoms with Crippen molar-refractivity contribution in [2.24, 2.45) is 0 Å². The zero-order valence-electron chi connectivity index (χ0n) is 11.6. The minimum atomic E-state index is 0.333. The molecule has 0 bridgehead atoms. The van der Waals surface area contributed by atoms with E-state index in [4.69, 9.17) is 0 Å². The highest BCUT2D eigenvalue weighted by Gasteiger charge is 2.21. The molecule has 1 aromatic heterocycles. The molecule has 0 radical (unpaired) electrons. The van der Waals surface area contributed by atoms with Crippen LogP contribution in [-0.2, 0) is 0 Å². The summed E-state index contributed by atoms with van der Waals surface area (Å²) >= 11 is 1.85. The summed E-state index contributed by atoms with van der Waals surface area (Å²) in [7, 11) is 2.06. The molecule has 0 spiro atoms. The molecule has 2 heteroatoms. The summed E-state index contributed by atoms with van der Waals surface area (Å²) in [4.78, 5) is 1.44. The Morgan fingerprint density at radius 2 is 2.11 bits per heavy atom. The van der Waals surface area contributed by atoms with Crippen molar-refractivity contribution >= 4 is 11.3 Å². The minimum absolute atomic E-state index is 0.333. The van der Waals surface area contributed by atoms with E-state index in [9.17, 15) is 0 Å². The first kappa shape index (κ1) is 12.9. The highest BCUT2D eigenvalue weighted by atomic mass is 32.1. The SMILES string of the molecule is CNC(c1cccc(C2CCC2)c1)c1sccc1C. The smallest absolute Gasteiger partial charge is 0.0671 e. The van der Waals surface area contributed by atoms with Crippen LogP contribution in [0.5, 0.6) is 0 Å². The summed E-state index contributed by atoms with van der Waals surface area (Å²) in [6.07, 6.45) is 4.13. The van der Waals surface area contributed by atoms with Gasteiger partial charge in [-0.2, -0.15) is 0 Å². The van der Waals surface area contributed by atoms with Crippen LogP contribution in [0, 0.1) is 6.92 Å². The monoisotopic (exact) mass is 271 g/mol. The van der Waals surface area contributed by atoms with Gasteiger partial charge in [-0.05, 0) is 60.9 Å². The second-order valence-corrected chi connectivity index (χ2v) is 6.44. The molecular formula is C17H21NS. The number of aryl methyl sites for hydroxylation is 1. The molecule has 0 aliphatic heterocycles. The Morgan fingerprint density at radius 3 is 2.68 bits per heavy atom. The number of nitrogens with one attached hydrogen (secondary N) is 1. The normalized spacial score (nSPS) is 17.2. The molecule has 1 aliphatic carbocycles. The number of hydrogen-bond donors (Lipinski definition) is 1. The standard InChI is InChI=1S/C17H21NS/c1-12-9-10-19-17(12)16(18-2)15-8-4-7-14(11-15)13-5-3-6-13/h4,7-11,13,16,18H,3,5-6H2,1-2H3. The van der Waals surface area contributed by atoms with Crippen molar-refractivity contribution in [3.05, 3.63) is 57.3 Å². The topological polar surface area (TPSA) is 12.0 Å². The van der Waals surface area contributed by atoms with Gasteiger partial charge >= 0.3 is 0 Å². The van der Waals surface area contributed by atoms with Gasteiger partial charge in [-0.25, -0.2) is 0 Å². The number of hydrogen-bond acceptors (Lipinski definition) is 2. The molecule has 0 amide bonds. The van der Waals surface area contributed by atoms with Crippen LogP contribution >= 0.6 is 11.3 Å². The van der Waals surface area contributed by atoms with E-state index in [-0.39, 0.29) is 0 Å². The number of thiophene rings is 1. The van der Waals surface area contributed by atoms with Crippen LogP contribution in [0.25, 0.3) is 0 Å². The molecular weight excluding hydrogens is 250 g/mol. The van der Waals surface area contributed by atoms with Crippen LogP contribution in [0.15, 0.2) is 35.7 Å². The van der Waals surface area contributed by atoms with Crippen LogP contribution in [0.2, 0.25) is 0 Å². The molecule has 1 nitrogen and oxygen atoms in total. The van der Waals surface area contributed by atoms with E-state index in [1.165, 1.54) is 40.8 Å². The van der Waals surface area contributed by atoms with Gasteiger partial charge in [-0.1, -0.05) is 30.7 Å². The summed E-state index contributed by atoms with van der Waals surface area (Å²) in [5.74, 6) is 0.807. The maximum atomic E-state index is 3.47. The molecule has 1 heterocycles. The first-order valence-corrected chi connectivity index (χ1v) is 7.98. The Bertz CT molecular complexity index is 554. The number of rotatable bonds is 4. The van der Waals surface area contributed by atoms with E-state index < -0.39 is 0 Å². The molecule has 0 saturated heterocycles. The van der Waals surface area contributed by atoms with Gasteiger partial charge in [0.15, 0.2) is 0 Å². The van der Waals surface area contributed by atoms with E-state index in [1.807, 2.05) is 11.3 Å². The van der Waals surface area contributed by atoms with Gasteiger partial charge in [0.2, 0.25) is 0 Å². The molecule has 1 fully saturated rings. The largest absolute Gasteiger partial charge is 0.309 e. The molecule has 1 N–H and O–H groups in total. The third-order valence-corrected chi connectivity index (χ3v) is 5.36.